The fraction of sp³-hybridized carbons (Fsp3) is 0.500. The number of rotatable bonds is 8. The Balaban J connectivity index is 2.01. The topological polar surface area (TPSA) is 84.6 Å². The van der Waals surface area contributed by atoms with Crippen LogP contribution < -0.4 is 11.1 Å². The summed E-state index contributed by atoms with van der Waals surface area (Å²) in [6.07, 6.45) is -0.490. The Morgan fingerprint density at radius 2 is 2.50 bits per heavy atom. The van der Waals surface area contributed by atoms with Gasteiger partial charge in [0, 0.05) is 18.0 Å². The van der Waals surface area contributed by atoms with Gasteiger partial charge >= 0.3 is 0 Å². The van der Waals surface area contributed by atoms with Crippen molar-refractivity contribution in [1.29, 1.82) is 0 Å². The molecule has 0 fully saturated rings. The van der Waals surface area contributed by atoms with Gasteiger partial charge in [-0.2, -0.15) is 0 Å². The largest absolute Gasteiger partial charge is 0.386 e. The Bertz CT molecular complexity index is 303. The molecule has 0 aliphatic carbocycles. The maximum Gasteiger partial charge on any atom is 0.243 e. The first-order valence-electron chi connectivity index (χ1n) is 4.98. The molecule has 0 aliphatic heterocycles. The number of nitrogens with two attached hydrogens (primary N) is 1. The fourth-order valence-electron chi connectivity index (χ4n) is 1.14. The van der Waals surface area contributed by atoms with Gasteiger partial charge in [0.05, 0.1) is 6.61 Å². The zero-order valence-corrected chi connectivity index (χ0v) is 9.70. The second-order valence-corrected chi connectivity index (χ2v) is 4.23. The predicted octanol–water partition coefficient (Wildman–Crippen LogP) is -0.127. The standard InChI is InChI=1S/C10H16N2O3S/c11-10(14)7-15-4-3-12-6-8(13)9-2-1-5-16-9/h1-2,5,8,12-13H,3-4,6-7H2,(H2,11,14). The van der Waals surface area contributed by atoms with Gasteiger partial charge in [0.15, 0.2) is 0 Å². The van der Waals surface area contributed by atoms with Crippen LogP contribution in [-0.4, -0.2) is 37.3 Å². The van der Waals surface area contributed by atoms with Gasteiger partial charge in [0.1, 0.15) is 12.7 Å². The number of thiophene rings is 1. The lowest BCUT2D eigenvalue weighted by Gasteiger charge is -2.09. The monoisotopic (exact) mass is 244 g/mol. The molecule has 0 bridgehead atoms. The Kier molecular flexibility index (Phi) is 6.02. The lowest BCUT2D eigenvalue weighted by atomic mass is 10.3. The summed E-state index contributed by atoms with van der Waals surface area (Å²) in [5.74, 6) is -0.473. The second kappa shape index (κ2) is 7.34. The van der Waals surface area contributed by atoms with Crippen LogP contribution in [0.3, 0.4) is 0 Å². The number of amides is 1. The van der Waals surface area contributed by atoms with Crippen LogP contribution in [0.1, 0.15) is 11.0 Å². The summed E-state index contributed by atoms with van der Waals surface area (Å²) < 4.78 is 4.95. The van der Waals surface area contributed by atoms with Crippen LogP contribution in [0.2, 0.25) is 0 Å². The molecule has 0 radical (unpaired) electrons. The first kappa shape index (κ1) is 13.1. The van der Waals surface area contributed by atoms with Crippen molar-refractivity contribution in [2.75, 3.05) is 26.3 Å². The first-order valence-corrected chi connectivity index (χ1v) is 5.86. The molecule has 0 saturated carbocycles. The molecule has 1 unspecified atom stereocenters. The molecular formula is C10H16N2O3S. The van der Waals surface area contributed by atoms with Gasteiger partial charge < -0.3 is 20.9 Å². The molecule has 1 rings (SSSR count). The van der Waals surface area contributed by atoms with Crippen molar-refractivity contribution >= 4 is 17.2 Å². The zero-order valence-electron chi connectivity index (χ0n) is 8.89. The quantitative estimate of drug-likeness (QED) is 0.556. The summed E-state index contributed by atoms with van der Waals surface area (Å²) in [5, 5.41) is 14.6. The van der Waals surface area contributed by atoms with E-state index in [2.05, 4.69) is 5.32 Å². The number of hydrogen-bond donors (Lipinski definition) is 3. The third-order valence-electron chi connectivity index (χ3n) is 1.88. The summed E-state index contributed by atoms with van der Waals surface area (Å²) in [7, 11) is 0. The maximum atomic E-state index is 10.3. The predicted molar refractivity (Wildman–Crippen MR) is 62.2 cm³/mol. The van der Waals surface area contributed by atoms with E-state index in [9.17, 15) is 9.90 Å². The third kappa shape index (κ3) is 5.22. The van der Waals surface area contributed by atoms with E-state index in [0.717, 1.165) is 4.88 Å². The Morgan fingerprint density at radius 3 is 3.12 bits per heavy atom. The minimum Gasteiger partial charge on any atom is -0.386 e. The number of nitrogens with one attached hydrogen (secondary N) is 1. The van der Waals surface area contributed by atoms with Crippen LogP contribution >= 0.6 is 11.3 Å². The molecule has 0 aromatic carbocycles. The SMILES string of the molecule is NC(=O)COCCNCC(O)c1cccs1. The number of hydrogen-bond acceptors (Lipinski definition) is 5. The van der Waals surface area contributed by atoms with Crippen LogP contribution in [-0.2, 0) is 9.53 Å². The average Bonchev–Trinajstić information content (AvgIpc) is 2.75. The molecule has 0 spiro atoms. The fourth-order valence-corrected chi connectivity index (χ4v) is 1.85. The van der Waals surface area contributed by atoms with Crippen molar-refractivity contribution in [2.45, 2.75) is 6.10 Å². The molecule has 1 heterocycles. The number of ether oxygens (including phenoxy) is 1. The zero-order chi connectivity index (χ0) is 11.8. The number of carbonyl (C=O) groups is 1. The third-order valence-corrected chi connectivity index (χ3v) is 2.85. The highest BCUT2D eigenvalue weighted by Crippen LogP contribution is 2.17. The summed E-state index contributed by atoms with van der Waals surface area (Å²) >= 11 is 1.52. The van der Waals surface area contributed by atoms with Gasteiger partial charge in [-0.15, -0.1) is 11.3 Å². The molecule has 16 heavy (non-hydrogen) atoms. The second-order valence-electron chi connectivity index (χ2n) is 3.25. The van der Waals surface area contributed by atoms with Crippen molar-refractivity contribution in [1.82, 2.24) is 5.32 Å². The molecule has 1 amide bonds. The van der Waals surface area contributed by atoms with Gasteiger partial charge in [0.25, 0.3) is 0 Å². The number of aliphatic hydroxyl groups excluding tert-OH is 1. The minimum atomic E-state index is -0.490. The van der Waals surface area contributed by atoms with Crippen LogP contribution in [0.15, 0.2) is 17.5 Å². The van der Waals surface area contributed by atoms with Crippen LogP contribution in [0, 0.1) is 0 Å². The van der Waals surface area contributed by atoms with Gasteiger partial charge in [-0.3, -0.25) is 4.79 Å². The molecule has 0 aliphatic rings. The normalized spacial score (nSPS) is 12.6. The molecule has 1 aromatic heterocycles. The summed E-state index contributed by atoms with van der Waals surface area (Å²) in [6, 6.07) is 3.79. The van der Waals surface area contributed by atoms with Gasteiger partial charge in [-0.05, 0) is 11.4 Å². The van der Waals surface area contributed by atoms with E-state index in [-0.39, 0.29) is 6.61 Å². The van der Waals surface area contributed by atoms with Crippen LogP contribution in [0.25, 0.3) is 0 Å². The first-order chi connectivity index (χ1) is 7.70. The molecule has 1 atom stereocenters. The number of carbonyl (C=O) groups excluding carboxylic acids is 1. The molecule has 0 saturated heterocycles. The van der Waals surface area contributed by atoms with Crippen molar-refractivity contribution in [3.63, 3.8) is 0 Å². The van der Waals surface area contributed by atoms with Crippen molar-refractivity contribution in [2.24, 2.45) is 5.73 Å². The van der Waals surface area contributed by atoms with E-state index in [1.807, 2.05) is 17.5 Å². The highest BCUT2D eigenvalue weighted by Gasteiger charge is 2.06. The van der Waals surface area contributed by atoms with Crippen LogP contribution in [0.4, 0.5) is 0 Å². The summed E-state index contributed by atoms with van der Waals surface area (Å²) in [5.41, 5.74) is 4.90. The number of primary amides is 1. The van der Waals surface area contributed by atoms with Crippen LogP contribution in [0.5, 0.6) is 0 Å². The van der Waals surface area contributed by atoms with Gasteiger partial charge in [-0.25, -0.2) is 0 Å². The lowest BCUT2D eigenvalue weighted by molar-refractivity contribution is -0.122. The molecule has 90 valence electrons. The van der Waals surface area contributed by atoms with Gasteiger partial charge in [0.2, 0.25) is 5.91 Å². The Labute approximate surface area is 98.2 Å². The summed E-state index contributed by atoms with van der Waals surface area (Å²) in [6.45, 7) is 1.39. The van der Waals surface area contributed by atoms with E-state index in [1.165, 1.54) is 11.3 Å². The van der Waals surface area contributed by atoms with Crippen molar-refractivity contribution in [3.8, 4) is 0 Å². The highest BCUT2D eigenvalue weighted by atomic mass is 32.1. The Morgan fingerprint density at radius 1 is 1.69 bits per heavy atom. The smallest absolute Gasteiger partial charge is 0.243 e. The van der Waals surface area contributed by atoms with E-state index in [0.29, 0.717) is 19.7 Å². The van der Waals surface area contributed by atoms with Crippen molar-refractivity contribution < 1.29 is 14.6 Å². The molecule has 4 N–H and O–H groups in total. The minimum absolute atomic E-state index is 0.0604. The lowest BCUT2D eigenvalue weighted by Crippen LogP contribution is -2.27. The highest BCUT2D eigenvalue weighted by molar-refractivity contribution is 7.10. The number of aliphatic hydroxyl groups is 1. The maximum absolute atomic E-state index is 10.3. The van der Waals surface area contributed by atoms with Crippen molar-refractivity contribution in [3.05, 3.63) is 22.4 Å². The molecular weight excluding hydrogens is 228 g/mol. The van der Waals surface area contributed by atoms with E-state index in [4.69, 9.17) is 10.5 Å². The van der Waals surface area contributed by atoms with Gasteiger partial charge in [-0.1, -0.05) is 6.07 Å². The summed E-state index contributed by atoms with van der Waals surface area (Å²) in [4.78, 5) is 11.3. The molecule has 6 heteroatoms. The molecule has 5 nitrogen and oxygen atoms in total. The van der Waals surface area contributed by atoms with E-state index in [1.54, 1.807) is 0 Å². The molecule has 1 aromatic rings. The van der Waals surface area contributed by atoms with E-state index < -0.39 is 12.0 Å². The average molecular weight is 244 g/mol. The Hall–Kier alpha value is -0.950. The van der Waals surface area contributed by atoms with E-state index >= 15 is 0 Å².